The summed E-state index contributed by atoms with van der Waals surface area (Å²) in [4.78, 5) is 11.4. The van der Waals surface area contributed by atoms with Crippen LogP contribution in [0.5, 0.6) is 0 Å². The third-order valence-corrected chi connectivity index (χ3v) is 3.90. The molecule has 0 amide bonds. The average Bonchev–Trinajstić information content (AvgIpc) is 3.06. The summed E-state index contributed by atoms with van der Waals surface area (Å²) in [7, 11) is 0. The van der Waals surface area contributed by atoms with Crippen molar-refractivity contribution in [2.24, 2.45) is 0 Å². The van der Waals surface area contributed by atoms with Crippen molar-refractivity contribution in [2.45, 2.75) is 13.5 Å². The Morgan fingerprint density at radius 2 is 2.24 bits per heavy atom. The van der Waals surface area contributed by atoms with Gasteiger partial charge in [0.05, 0.1) is 6.54 Å². The number of carbonyl (C=O) groups is 1. The number of nitrogens with zero attached hydrogens (tertiary/aromatic N) is 2. The fraction of sp³-hybridized carbons (Fsp3) is 0.125. The van der Waals surface area contributed by atoms with Crippen molar-refractivity contribution in [3.63, 3.8) is 0 Å². The molecule has 0 fully saturated rings. The van der Waals surface area contributed by atoms with Crippen molar-refractivity contribution in [3.05, 3.63) is 64.0 Å². The van der Waals surface area contributed by atoms with Gasteiger partial charge in [-0.1, -0.05) is 29.8 Å². The Morgan fingerprint density at radius 3 is 2.90 bits per heavy atom. The van der Waals surface area contributed by atoms with E-state index in [-0.39, 0.29) is 5.56 Å². The van der Waals surface area contributed by atoms with Crippen molar-refractivity contribution in [1.82, 2.24) is 9.78 Å². The Bertz CT molecular complexity index is 775. The Morgan fingerprint density at radius 1 is 1.38 bits per heavy atom. The lowest BCUT2D eigenvalue weighted by molar-refractivity contribution is 0.0697. The smallest absolute Gasteiger partial charge is 0.339 e. The van der Waals surface area contributed by atoms with Gasteiger partial charge in [-0.25, -0.2) is 4.79 Å². The fourth-order valence-corrected chi connectivity index (χ4v) is 2.91. The first-order chi connectivity index (χ1) is 10.1. The van der Waals surface area contributed by atoms with E-state index in [0.29, 0.717) is 12.2 Å². The van der Waals surface area contributed by atoms with E-state index in [9.17, 15) is 9.90 Å². The van der Waals surface area contributed by atoms with Gasteiger partial charge in [0.25, 0.3) is 0 Å². The molecule has 2 aromatic heterocycles. The number of benzene rings is 1. The van der Waals surface area contributed by atoms with Gasteiger partial charge in [0, 0.05) is 17.1 Å². The van der Waals surface area contributed by atoms with E-state index in [4.69, 9.17) is 0 Å². The molecule has 0 spiro atoms. The summed E-state index contributed by atoms with van der Waals surface area (Å²) in [5, 5.41) is 17.6. The summed E-state index contributed by atoms with van der Waals surface area (Å²) >= 11 is 1.53. The highest BCUT2D eigenvalue weighted by Crippen LogP contribution is 2.24. The second-order valence-corrected chi connectivity index (χ2v) is 5.68. The summed E-state index contributed by atoms with van der Waals surface area (Å²) in [5.74, 6) is -0.952. The van der Waals surface area contributed by atoms with E-state index in [1.54, 1.807) is 10.9 Å². The van der Waals surface area contributed by atoms with E-state index in [2.05, 4.69) is 11.2 Å². The van der Waals surface area contributed by atoms with Crippen LogP contribution < -0.4 is 0 Å². The Hall–Kier alpha value is -2.40. The maximum atomic E-state index is 11.4. The molecule has 0 bridgehead atoms. The first-order valence-corrected chi connectivity index (χ1v) is 7.46. The molecule has 0 aliphatic rings. The quantitative estimate of drug-likeness (QED) is 0.799. The molecule has 0 aliphatic heterocycles. The molecule has 21 heavy (non-hydrogen) atoms. The van der Waals surface area contributed by atoms with Gasteiger partial charge >= 0.3 is 5.97 Å². The van der Waals surface area contributed by atoms with Gasteiger partial charge < -0.3 is 5.11 Å². The SMILES string of the molecule is Cc1cccc(Cn2cc(C(=O)O)c(-c3ccsc3)n2)c1. The highest BCUT2D eigenvalue weighted by molar-refractivity contribution is 7.08. The third-order valence-electron chi connectivity index (χ3n) is 3.21. The number of aromatic nitrogens is 2. The highest BCUT2D eigenvalue weighted by Gasteiger charge is 2.17. The van der Waals surface area contributed by atoms with Crippen LogP contribution in [0, 0.1) is 6.92 Å². The number of carboxylic acids is 1. The van der Waals surface area contributed by atoms with Crippen molar-refractivity contribution < 1.29 is 9.90 Å². The number of hydrogen-bond donors (Lipinski definition) is 1. The maximum Gasteiger partial charge on any atom is 0.339 e. The van der Waals surface area contributed by atoms with E-state index in [0.717, 1.165) is 11.1 Å². The van der Waals surface area contributed by atoms with E-state index < -0.39 is 5.97 Å². The second kappa shape index (κ2) is 5.54. The Labute approximate surface area is 126 Å². The molecule has 3 aromatic rings. The zero-order valence-electron chi connectivity index (χ0n) is 11.5. The number of rotatable bonds is 4. The number of aromatic carboxylic acids is 1. The van der Waals surface area contributed by atoms with Gasteiger partial charge in [0.1, 0.15) is 11.3 Å². The molecule has 106 valence electrons. The molecular weight excluding hydrogens is 284 g/mol. The summed E-state index contributed by atoms with van der Waals surface area (Å²) in [6, 6.07) is 10.0. The number of carboxylic acid groups (broad SMARTS) is 1. The molecule has 0 atom stereocenters. The van der Waals surface area contributed by atoms with Crippen molar-refractivity contribution in [1.29, 1.82) is 0 Å². The molecule has 0 unspecified atom stereocenters. The first-order valence-electron chi connectivity index (χ1n) is 6.52. The van der Waals surface area contributed by atoms with Crippen LogP contribution >= 0.6 is 11.3 Å². The Balaban J connectivity index is 1.97. The average molecular weight is 298 g/mol. The molecule has 0 saturated carbocycles. The molecule has 0 radical (unpaired) electrons. The van der Waals surface area contributed by atoms with Crippen molar-refractivity contribution >= 4 is 17.3 Å². The van der Waals surface area contributed by atoms with Crippen molar-refractivity contribution in [2.75, 3.05) is 0 Å². The zero-order valence-corrected chi connectivity index (χ0v) is 12.3. The predicted octanol–water partition coefficient (Wildman–Crippen LogP) is 3.67. The molecular formula is C16H14N2O2S. The standard InChI is InChI=1S/C16H14N2O2S/c1-11-3-2-4-12(7-11)8-18-9-14(16(19)20)15(17-18)13-5-6-21-10-13/h2-7,9-10H,8H2,1H3,(H,19,20). The summed E-state index contributed by atoms with van der Waals surface area (Å²) in [6.45, 7) is 2.60. The van der Waals surface area contributed by atoms with E-state index in [1.165, 1.54) is 16.9 Å². The molecule has 5 heteroatoms. The van der Waals surface area contributed by atoms with Crippen LogP contribution in [0.15, 0.2) is 47.3 Å². The minimum absolute atomic E-state index is 0.237. The van der Waals surface area contributed by atoms with E-state index >= 15 is 0 Å². The third kappa shape index (κ3) is 2.87. The lowest BCUT2D eigenvalue weighted by Crippen LogP contribution is -2.00. The lowest BCUT2D eigenvalue weighted by Gasteiger charge is -2.02. The van der Waals surface area contributed by atoms with Crippen LogP contribution in [0.25, 0.3) is 11.3 Å². The maximum absolute atomic E-state index is 11.4. The lowest BCUT2D eigenvalue weighted by atomic mass is 10.1. The van der Waals surface area contributed by atoms with Crippen LogP contribution in [-0.2, 0) is 6.54 Å². The number of hydrogen-bond acceptors (Lipinski definition) is 3. The van der Waals surface area contributed by atoms with Crippen LogP contribution in [0.3, 0.4) is 0 Å². The Kier molecular flexibility index (Phi) is 3.58. The van der Waals surface area contributed by atoms with Gasteiger partial charge in [-0.2, -0.15) is 16.4 Å². The number of aryl methyl sites for hydroxylation is 1. The minimum atomic E-state index is -0.952. The second-order valence-electron chi connectivity index (χ2n) is 4.90. The van der Waals surface area contributed by atoms with Gasteiger partial charge in [-0.15, -0.1) is 0 Å². The molecule has 2 heterocycles. The fourth-order valence-electron chi connectivity index (χ4n) is 2.27. The van der Waals surface area contributed by atoms with Gasteiger partial charge in [0.2, 0.25) is 0 Å². The van der Waals surface area contributed by atoms with Gasteiger partial charge in [0.15, 0.2) is 0 Å². The molecule has 1 N–H and O–H groups in total. The molecule has 0 saturated heterocycles. The summed E-state index contributed by atoms with van der Waals surface area (Å²) in [5.41, 5.74) is 3.89. The molecule has 1 aromatic carbocycles. The van der Waals surface area contributed by atoms with Crippen LogP contribution in [0.4, 0.5) is 0 Å². The molecule has 0 aliphatic carbocycles. The largest absolute Gasteiger partial charge is 0.478 e. The molecule has 4 nitrogen and oxygen atoms in total. The normalized spacial score (nSPS) is 10.7. The van der Waals surface area contributed by atoms with E-state index in [1.807, 2.05) is 41.9 Å². The topological polar surface area (TPSA) is 55.1 Å². The van der Waals surface area contributed by atoms with Crippen LogP contribution in [0.2, 0.25) is 0 Å². The molecule has 3 rings (SSSR count). The number of thiophene rings is 1. The monoisotopic (exact) mass is 298 g/mol. The minimum Gasteiger partial charge on any atom is -0.478 e. The highest BCUT2D eigenvalue weighted by atomic mass is 32.1. The van der Waals surface area contributed by atoms with Gasteiger partial charge in [-0.3, -0.25) is 4.68 Å². The zero-order chi connectivity index (χ0) is 14.8. The summed E-state index contributed by atoms with van der Waals surface area (Å²) < 4.78 is 1.69. The predicted molar refractivity (Wildman–Crippen MR) is 82.8 cm³/mol. The van der Waals surface area contributed by atoms with Crippen LogP contribution in [0.1, 0.15) is 21.5 Å². The first kappa shape index (κ1) is 13.6. The summed E-state index contributed by atoms with van der Waals surface area (Å²) in [6.07, 6.45) is 1.59. The van der Waals surface area contributed by atoms with Gasteiger partial charge in [-0.05, 0) is 23.9 Å². The van der Waals surface area contributed by atoms with Crippen LogP contribution in [-0.4, -0.2) is 20.9 Å². The van der Waals surface area contributed by atoms with Crippen molar-refractivity contribution in [3.8, 4) is 11.3 Å².